The van der Waals surface area contributed by atoms with E-state index in [4.69, 9.17) is 0 Å². The molecule has 0 aliphatic carbocycles. The minimum Gasteiger partial charge on any atom is -0.374 e. The lowest BCUT2D eigenvalue weighted by Crippen LogP contribution is -2.24. The summed E-state index contributed by atoms with van der Waals surface area (Å²) < 4.78 is 0. The standard InChI is InChI=1S/C18H23N3/c1-13(19-2)16-10-17(12-20-11-16)14-6-7-18-15(9-14)5-4-8-21(18)3/h6-7,9-13,19H,4-5,8H2,1-3H3. The molecular weight excluding hydrogens is 258 g/mol. The van der Waals surface area contributed by atoms with Gasteiger partial charge in [0.25, 0.3) is 0 Å². The zero-order valence-electron chi connectivity index (χ0n) is 13.1. The fourth-order valence-corrected chi connectivity index (χ4v) is 2.98. The number of benzene rings is 1. The number of aryl methyl sites for hydroxylation is 1. The lowest BCUT2D eigenvalue weighted by molar-refractivity contribution is 0.650. The van der Waals surface area contributed by atoms with Gasteiger partial charge in [-0.2, -0.15) is 0 Å². The van der Waals surface area contributed by atoms with Gasteiger partial charge in [0.05, 0.1) is 0 Å². The monoisotopic (exact) mass is 281 g/mol. The van der Waals surface area contributed by atoms with Gasteiger partial charge in [0.1, 0.15) is 0 Å². The van der Waals surface area contributed by atoms with Crippen molar-refractivity contribution in [2.45, 2.75) is 25.8 Å². The van der Waals surface area contributed by atoms with Gasteiger partial charge in [-0.3, -0.25) is 4.98 Å². The van der Waals surface area contributed by atoms with Crippen LogP contribution in [-0.4, -0.2) is 25.6 Å². The van der Waals surface area contributed by atoms with E-state index < -0.39 is 0 Å². The molecule has 0 radical (unpaired) electrons. The van der Waals surface area contributed by atoms with Crippen LogP contribution in [0.15, 0.2) is 36.7 Å². The van der Waals surface area contributed by atoms with E-state index in [0.717, 1.165) is 6.54 Å². The number of aromatic nitrogens is 1. The molecule has 1 aromatic carbocycles. The van der Waals surface area contributed by atoms with Crippen LogP contribution in [0.5, 0.6) is 0 Å². The number of pyridine rings is 1. The van der Waals surface area contributed by atoms with Gasteiger partial charge >= 0.3 is 0 Å². The molecule has 1 aliphatic rings. The number of fused-ring (bicyclic) bond motifs is 1. The molecule has 1 aliphatic heterocycles. The third-order valence-electron chi connectivity index (χ3n) is 4.46. The first-order valence-corrected chi connectivity index (χ1v) is 7.65. The topological polar surface area (TPSA) is 28.2 Å². The van der Waals surface area contributed by atoms with Crippen molar-refractivity contribution < 1.29 is 0 Å². The Morgan fingerprint density at radius 1 is 1.19 bits per heavy atom. The Morgan fingerprint density at radius 3 is 2.86 bits per heavy atom. The van der Waals surface area contributed by atoms with Crippen molar-refractivity contribution in [2.75, 3.05) is 25.5 Å². The molecule has 3 nitrogen and oxygen atoms in total. The third kappa shape index (κ3) is 2.79. The van der Waals surface area contributed by atoms with Crippen LogP contribution in [0.3, 0.4) is 0 Å². The summed E-state index contributed by atoms with van der Waals surface area (Å²) in [7, 11) is 4.15. The predicted octanol–water partition coefficient (Wildman–Crippen LogP) is 3.41. The lowest BCUT2D eigenvalue weighted by atomic mass is 9.96. The number of hydrogen-bond acceptors (Lipinski definition) is 3. The van der Waals surface area contributed by atoms with Crippen LogP contribution in [0, 0.1) is 0 Å². The van der Waals surface area contributed by atoms with Gasteiger partial charge in [0, 0.05) is 43.3 Å². The Kier molecular flexibility index (Phi) is 3.93. The number of nitrogens with one attached hydrogen (secondary N) is 1. The first kappa shape index (κ1) is 14.1. The van der Waals surface area contributed by atoms with E-state index >= 15 is 0 Å². The maximum atomic E-state index is 4.41. The van der Waals surface area contributed by atoms with Crippen LogP contribution >= 0.6 is 0 Å². The Hall–Kier alpha value is -1.87. The smallest absolute Gasteiger partial charge is 0.0396 e. The molecule has 3 rings (SSSR count). The van der Waals surface area contributed by atoms with Crippen molar-refractivity contribution in [3.05, 3.63) is 47.8 Å². The zero-order valence-corrected chi connectivity index (χ0v) is 13.1. The summed E-state index contributed by atoms with van der Waals surface area (Å²) in [5.74, 6) is 0. The summed E-state index contributed by atoms with van der Waals surface area (Å²) in [4.78, 5) is 6.75. The fourth-order valence-electron chi connectivity index (χ4n) is 2.98. The largest absolute Gasteiger partial charge is 0.374 e. The van der Waals surface area contributed by atoms with E-state index in [0.29, 0.717) is 6.04 Å². The molecule has 1 N–H and O–H groups in total. The van der Waals surface area contributed by atoms with Gasteiger partial charge in [0.15, 0.2) is 0 Å². The summed E-state index contributed by atoms with van der Waals surface area (Å²) >= 11 is 0. The van der Waals surface area contributed by atoms with Gasteiger partial charge in [-0.05, 0) is 61.7 Å². The average Bonchev–Trinajstić information content (AvgIpc) is 2.54. The van der Waals surface area contributed by atoms with Gasteiger partial charge in [-0.15, -0.1) is 0 Å². The average molecular weight is 281 g/mol. The van der Waals surface area contributed by atoms with Crippen molar-refractivity contribution in [1.82, 2.24) is 10.3 Å². The molecule has 0 saturated heterocycles. The molecule has 1 aromatic heterocycles. The van der Waals surface area contributed by atoms with Crippen LogP contribution in [0.4, 0.5) is 5.69 Å². The quantitative estimate of drug-likeness (QED) is 0.934. The second-order valence-corrected chi connectivity index (χ2v) is 5.89. The molecule has 0 fully saturated rings. The minimum absolute atomic E-state index is 0.321. The molecule has 110 valence electrons. The maximum Gasteiger partial charge on any atom is 0.0396 e. The van der Waals surface area contributed by atoms with Crippen LogP contribution in [0.25, 0.3) is 11.1 Å². The van der Waals surface area contributed by atoms with Gasteiger partial charge in [-0.1, -0.05) is 6.07 Å². The van der Waals surface area contributed by atoms with Crippen molar-refractivity contribution in [3.8, 4) is 11.1 Å². The molecule has 0 amide bonds. The van der Waals surface area contributed by atoms with E-state index in [2.05, 4.69) is 53.4 Å². The van der Waals surface area contributed by atoms with Crippen LogP contribution in [0.1, 0.15) is 30.5 Å². The highest BCUT2D eigenvalue weighted by molar-refractivity contribution is 5.69. The van der Waals surface area contributed by atoms with Crippen molar-refractivity contribution in [3.63, 3.8) is 0 Å². The zero-order chi connectivity index (χ0) is 14.8. The molecule has 3 heteroatoms. The fraction of sp³-hybridized carbons (Fsp3) is 0.389. The highest BCUT2D eigenvalue weighted by atomic mass is 15.1. The third-order valence-corrected chi connectivity index (χ3v) is 4.46. The summed E-state index contributed by atoms with van der Waals surface area (Å²) in [6.45, 7) is 3.31. The molecule has 1 unspecified atom stereocenters. The van der Waals surface area contributed by atoms with Crippen LogP contribution < -0.4 is 10.2 Å². The lowest BCUT2D eigenvalue weighted by Gasteiger charge is -2.27. The molecular formula is C18H23N3. The summed E-state index contributed by atoms with van der Waals surface area (Å²) in [6, 6.07) is 9.35. The summed E-state index contributed by atoms with van der Waals surface area (Å²) in [6.07, 6.45) is 6.31. The maximum absolute atomic E-state index is 4.41. The van der Waals surface area contributed by atoms with E-state index in [-0.39, 0.29) is 0 Å². The van der Waals surface area contributed by atoms with Crippen LogP contribution in [-0.2, 0) is 6.42 Å². The molecule has 0 saturated carbocycles. The first-order chi connectivity index (χ1) is 10.2. The van der Waals surface area contributed by atoms with Crippen LogP contribution in [0.2, 0.25) is 0 Å². The van der Waals surface area contributed by atoms with Gasteiger partial charge in [0.2, 0.25) is 0 Å². The second-order valence-electron chi connectivity index (χ2n) is 5.89. The first-order valence-electron chi connectivity index (χ1n) is 7.65. The molecule has 2 heterocycles. The molecule has 0 bridgehead atoms. The van der Waals surface area contributed by atoms with E-state index in [1.54, 1.807) is 0 Å². The number of hydrogen-bond donors (Lipinski definition) is 1. The molecule has 1 atom stereocenters. The highest BCUT2D eigenvalue weighted by Crippen LogP contribution is 2.31. The predicted molar refractivity (Wildman–Crippen MR) is 88.7 cm³/mol. The number of anilines is 1. The summed E-state index contributed by atoms with van der Waals surface area (Å²) in [5.41, 5.74) is 6.52. The SMILES string of the molecule is CNC(C)c1cncc(-c2ccc3c(c2)CCCN3C)c1. The molecule has 2 aromatic rings. The minimum atomic E-state index is 0.321. The second kappa shape index (κ2) is 5.86. The number of nitrogens with zero attached hydrogens (tertiary/aromatic N) is 2. The van der Waals surface area contributed by atoms with E-state index in [9.17, 15) is 0 Å². The Morgan fingerprint density at radius 2 is 2.05 bits per heavy atom. The van der Waals surface area contributed by atoms with Gasteiger partial charge in [-0.25, -0.2) is 0 Å². The number of rotatable bonds is 3. The summed E-state index contributed by atoms with van der Waals surface area (Å²) in [5, 5.41) is 3.27. The van der Waals surface area contributed by atoms with Crippen molar-refractivity contribution >= 4 is 5.69 Å². The Bertz CT molecular complexity index is 636. The Balaban J connectivity index is 1.97. The molecule has 0 spiro atoms. The van der Waals surface area contributed by atoms with E-state index in [1.807, 2.05) is 19.4 Å². The van der Waals surface area contributed by atoms with Gasteiger partial charge < -0.3 is 10.2 Å². The van der Waals surface area contributed by atoms with E-state index in [1.165, 1.54) is 40.8 Å². The highest BCUT2D eigenvalue weighted by Gasteiger charge is 2.14. The molecule has 21 heavy (non-hydrogen) atoms. The Labute approximate surface area is 127 Å². The van der Waals surface area contributed by atoms with Crippen molar-refractivity contribution in [1.29, 1.82) is 0 Å². The normalized spacial score (nSPS) is 15.7. The van der Waals surface area contributed by atoms with Crippen molar-refractivity contribution in [2.24, 2.45) is 0 Å².